The van der Waals surface area contributed by atoms with Crippen molar-refractivity contribution in [3.8, 4) is 0 Å². The Morgan fingerprint density at radius 3 is 2.17 bits per heavy atom. The van der Waals surface area contributed by atoms with Crippen molar-refractivity contribution in [2.75, 3.05) is 50.1 Å². The van der Waals surface area contributed by atoms with Gasteiger partial charge in [0.1, 0.15) is 18.6 Å². The van der Waals surface area contributed by atoms with Gasteiger partial charge in [-0.3, -0.25) is 0 Å². The van der Waals surface area contributed by atoms with E-state index >= 15 is 0 Å². The van der Waals surface area contributed by atoms with Crippen molar-refractivity contribution < 1.29 is 72.4 Å². The van der Waals surface area contributed by atoms with Gasteiger partial charge in [0.05, 0.1) is 37.9 Å². The van der Waals surface area contributed by atoms with E-state index in [0.717, 1.165) is 68.1 Å². The molecule has 15 nitrogen and oxygen atoms in total. The number of fused-ring (bicyclic) bond motifs is 1. The average molecular weight is 626 g/mol. The number of H-pyrrole nitrogens is 1. The van der Waals surface area contributed by atoms with Gasteiger partial charge in [0.25, 0.3) is 0 Å². The predicted octanol–water partition coefficient (Wildman–Crippen LogP) is -7.65. The average Bonchev–Trinajstić information content (AvgIpc) is 2.86. The lowest BCUT2D eigenvalue weighted by atomic mass is 10.2. The molecule has 40 heavy (non-hydrogen) atoms. The first-order valence-corrected chi connectivity index (χ1v) is 14.4. The van der Waals surface area contributed by atoms with Crippen LogP contribution >= 0.6 is 11.6 Å². The number of halogens is 3. The van der Waals surface area contributed by atoms with E-state index in [-0.39, 0.29) is 0 Å². The van der Waals surface area contributed by atoms with Crippen LogP contribution in [0.3, 0.4) is 0 Å². The van der Waals surface area contributed by atoms with Crippen LogP contribution in [0.4, 0.5) is 11.8 Å². The molecule has 2 heterocycles. The van der Waals surface area contributed by atoms with Gasteiger partial charge in [-0.15, -0.1) is 30.6 Å². The summed E-state index contributed by atoms with van der Waals surface area (Å²) in [6.07, 6.45) is 2.83. The minimum absolute atomic E-state index is 0.584. The first-order valence-electron chi connectivity index (χ1n) is 11.5. The zero-order valence-corrected chi connectivity index (χ0v) is 23.1. The third kappa shape index (κ3) is 15.9. The molecule has 0 aliphatic carbocycles. The Bertz CT molecular complexity index is 1170. The summed E-state index contributed by atoms with van der Waals surface area (Å²) < 4.78 is 73.4. The highest BCUT2D eigenvalue weighted by Crippen LogP contribution is 2.18. The summed E-state index contributed by atoms with van der Waals surface area (Å²) in [5, 5.41) is 9.59. The molecule has 220 valence electrons. The second-order valence-corrected chi connectivity index (χ2v) is 10.00. The fourth-order valence-corrected chi connectivity index (χ4v) is 3.61. The Labute approximate surface area is 238 Å². The Morgan fingerprint density at radius 1 is 0.950 bits per heavy atom. The van der Waals surface area contributed by atoms with E-state index < -0.39 is 20.5 Å². The summed E-state index contributed by atoms with van der Waals surface area (Å²) in [4.78, 5) is 9.57. The molecule has 1 aromatic heterocycles. The number of aromatic amines is 1. The van der Waals surface area contributed by atoms with E-state index in [9.17, 15) is 0 Å². The van der Waals surface area contributed by atoms with E-state index in [1.54, 1.807) is 11.1 Å². The number of ether oxygens (including phenoxy) is 1. The zero-order chi connectivity index (χ0) is 29.6. The third-order valence-corrected chi connectivity index (χ3v) is 5.36. The van der Waals surface area contributed by atoms with E-state index in [1.165, 1.54) is 0 Å². The minimum Gasteiger partial charge on any atom is -0.370 e. The fraction of sp³-hybridized carbons (Fsp3) is 0.318. The van der Waals surface area contributed by atoms with Gasteiger partial charge >= 0.3 is 5.95 Å². The lowest BCUT2D eigenvalue weighted by Gasteiger charge is -2.23. The van der Waals surface area contributed by atoms with Gasteiger partial charge in [0.2, 0.25) is 5.82 Å². The number of benzene rings is 2. The Kier molecular flexibility index (Phi) is 14.1. The second kappa shape index (κ2) is 16.7. The molecule has 3 aromatic rings. The van der Waals surface area contributed by atoms with Crippen LogP contribution in [0.5, 0.6) is 0 Å². The molecule has 1 fully saturated rings. The van der Waals surface area contributed by atoms with Crippen LogP contribution in [0, 0.1) is 20.5 Å². The fourth-order valence-electron chi connectivity index (χ4n) is 3.49. The van der Waals surface area contributed by atoms with Crippen LogP contribution < -0.4 is 57.9 Å². The molecule has 1 aliphatic rings. The van der Waals surface area contributed by atoms with E-state index in [2.05, 4.69) is 31.9 Å². The number of morpholine rings is 1. The Hall–Kier alpha value is -2.48. The zero-order valence-electron chi connectivity index (χ0n) is 20.8. The van der Waals surface area contributed by atoms with Gasteiger partial charge in [0.15, 0.2) is 0 Å². The van der Waals surface area contributed by atoms with Crippen molar-refractivity contribution >= 4 is 40.5 Å². The lowest BCUT2D eigenvalue weighted by Crippen LogP contribution is -3.14. The summed E-state index contributed by atoms with van der Waals surface area (Å²) in [7, 11) is -9.89. The molecular weight excluding hydrogens is 599 g/mol. The van der Waals surface area contributed by atoms with Gasteiger partial charge < -0.3 is 15.0 Å². The van der Waals surface area contributed by atoms with Crippen molar-refractivity contribution in [3.05, 3.63) is 59.1 Å². The number of aromatic nitrogens is 2. The molecule has 4 rings (SSSR count). The Morgan fingerprint density at radius 2 is 1.55 bits per heavy atom. The molecule has 1 saturated heterocycles. The van der Waals surface area contributed by atoms with E-state index in [0.29, 0.717) is 11.0 Å². The number of hydrogen-bond acceptors (Lipinski definition) is 13. The number of anilines is 2. The molecule has 0 bridgehead atoms. The lowest BCUT2D eigenvalue weighted by molar-refractivity contribution is -2.00. The number of nitrogens with zero attached hydrogens (tertiary/aromatic N) is 2. The van der Waals surface area contributed by atoms with Crippen molar-refractivity contribution in [2.24, 2.45) is 5.10 Å². The number of rotatable bonds is 8. The van der Waals surface area contributed by atoms with Crippen LogP contribution in [0.15, 0.2) is 53.6 Å². The van der Waals surface area contributed by atoms with Crippen LogP contribution in [-0.2, 0) is 4.74 Å². The monoisotopic (exact) mass is 624 g/mol. The number of nitrogens with one attached hydrogen (secondary N) is 4. The second-order valence-electron chi connectivity index (χ2n) is 8.05. The van der Waals surface area contributed by atoms with Gasteiger partial charge in [-0.2, -0.15) is 5.43 Å². The maximum atomic E-state index is 8.49. The highest BCUT2D eigenvalue weighted by atomic mass is 35.7. The molecule has 2 aromatic carbocycles. The highest BCUT2D eigenvalue weighted by Gasteiger charge is 2.15. The minimum atomic E-state index is -4.94. The van der Waals surface area contributed by atoms with Crippen molar-refractivity contribution in [3.63, 3.8) is 0 Å². The number of hydrogen-bond donors (Lipinski definition) is 3. The topological polar surface area (TPSA) is 262 Å². The molecule has 1 aliphatic heterocycles. The Balaban J connectivity index is 0.000000482. The van der Waals surface area contributed by atoms with Crippen LogP contribution in [0.1, 0.15) is 12.0 Å². The SMILES string of the molecule is Clc1ccc(/C=N/Nc2nc3ccccc3c(NCCC[NH+]3CCOCC3)[nH+]2)cc1.[O-][Cl+3]([O-])([O-])[O-].[O-][Cl+3]([O-])([O-])[O-]. The molecule has 0 radical (unpaired) electrons. The first-order chi connectivity index (χ1) is 18.8. The first kappa shape index (κ1) is 33.7. The largest absolute Gasteiger partial charge is 0.370 e. The molecular formula is C22H27Cl3N6O9. The predicted molar refractivity (Wildman–Crippen MR) is 120 cm³/mol. The summed E-state index contributed by atoms with van der Waals surface area (Å²) in [5.41, 5.74) is 4.85. The van der Waals surface area contributed by atoms with Gasteiger partial charge in [-0.25, -0.2) is 42.3 Å². The van der Waals surface area contributed by atoms with Crippen LogP contribution in [0.2, 0.25) is 5.02 Å². The van der Waals surface area contributed by atoms with Gasteiger partial charge in [-0.05, 0) is 29.8 Å². The normalized spacial score (nSPS) is 14.2. The molecule has 0 saturated carbocycles. The van der Waals surface area contributed by atoms with E-state index in [4.69, 9.17) is 53.6 Å². The van der Waals surface area contributed by atoms with Crippen molar-refractivity contribution in [2.45, 2.75) is 6.42 Å². The van der Waals surface area contributed by atoms with E-state index in [1.807, 2.05) is 42.5 Å². The molecule has 18 heteroatoms. The van der Waals surface area contributed by atoms with Gasteiger partial charge in [0, 0.05) is 11.4 Å². The molecule has 0 amide bonds. The summed E-state index contributed by atoms with van der Waals surface area (Å²) in [6.45, 7) is 5.99. The molecule has 0 atom stereocenters. The highest BCUT2D eigenvalue weighted by molar-refractivity contribution is 6.30. The maximum absolute atomic E-state index is 8.49. The number of quaternary nitrogens is 1. The summed E-state index contributed by atoms with van der Waals surface area (Å²) >= 11 is 5.92. The van der Waals surface area contributed by atoms with Crippen LogP contribution in [-0.4, -0.2) is 50.6 Å². The summed E-state index contributed by atoms with van der Waals surface area (Å²) in [6, 6.07) is 15.6. The quantitative estimate of drug-likeness (QED) is 0.120. The van der Waals surface area contributed by atoms with Crippen molar-refractivity contribution in [1.82, 2.24) is 4.98 Å². The van der Waals surface area contributed by atoms with Gasteiger partial charge in [-0.1, -0.05) is 35.9 Å². The smallest absolute Gasteiger partial charge is 0.368 e. The molecule has 4 N–H and O–H groups in total. The number of para-hydroxylation sites is 1. The third-order valence-electron chi connectivity index (χ3n) is 5.11. The molecule has 0 spiro atoms. The van der Waals surface area contributed by atoms with Crippen LogP contribution in [0.25, 0.3) is 10.9 Å². The maximum Gasteiger partial charge on any atom is 0.368 e. The summed E-state index contributed by atoms with van der Waals surface area (Å²) in [5.74, 6) is 1.53. The molecule has 0 unspecified atom stereocenters. The standard InChI is InChI=1S/C22H25ClN6O.2ClHO4/c23-18-8-6-17(7-9-18)16-25-28-22-26-20-5-2-1-4-19(20)21(27-22)24-10-3-11-29-12-14-30-15-13-29;2*2-1(3,4)5/h1-2,4-9,16H,3,10-15H2,(H2,24,26,27,28);2*(H,2,3,4,5)/b25-16+;;. The number of hydrazone groups is 1. The van der Waals surface area contributed by atoms with Crippen molar-refractivity contribution in [1.29, 1.82) is 0 Å².